The summed E-state index contributed by atoms with van der Waals surface area (Å²) in [5.41, 5.74) is 9.71. The Balaban J connectivity index is 1.66. The zero-order chi connectivity index (χ0) is 26.1. The first-order valence-electron chi connectivity index (χ1n) is 12.0. The molecule has 0 amide bonds. The predicted molar refractivity (Wildman–Crippen MR) is 150 cm³/mol. The van der Waals surface area contributed by atoms with E-state index in [-0.39, 0.29) is 11.6 Å². The van der Waals surface area contributed by atoms with E-state index in [9.17, 15) is 5.11 Å². The highest BCUT2D eigenvalue weighted by molar-refractivity contribution is 6.74. The molecule has 0 spiro atoms. The van der Waals surface area contributed by atoms with Crippen LogP contribution in [0.15, 0.2) is 30.9 Å². The van der Waals surface area contributed by atoms with Crippen LogP contribution in [0.25, 0.3) is 27.9 Å². The lowest BCUT2D eigenvalue weighted by molar-refractivity contribution is 0.196. The zero-order valence-corrected chi connectivity index (χ0v) is 23.9. The molecular weight excluding hydrogens is 517 g/mol. The van der Waals surface area contributed by atoms with Crippen LogP contribution in [0, 0.1) is 0 Å². The minimum atomic E-state index is -1.78. The van der Waals surface area contributed by atoms with Gasteiger partial charge in [0.1, 0.15) is 5.82 Å². The number of aliphatic hydroxyl groups is 1. The highest BCUT2D eigenvalue weighted by Crippen LogP contribution is 2.43. The summed E-state index contributed by atoms with van der Waals surface area (Å²) in [6, 6.07) is 1.88. The smallest absolute Gasteiger partial charge is 0.191 e. The SMILES string of the molecule is CC(C)(C)[Si](C)(C)OCCCNc1cc(Cl)c(Cl)c2c1c(-c1cn[nH]c1)cn2C1=CN(CCO)NN1. The van der Waals surface area contributed by atoms with E-state index in [1.54, 1.807) is 11.2 Å². The number of halogens is 2. The van der Waals surface area contributed by atoms with Gasteiger partial charge in [-0.3, -0.25) is 20.1 Å². The summed E-state index contributed by atoms with van der Waals surface area (Å²) in [4.78, 5) is 0. The van der Waals surface area contributed by atoms with Gasteiger partial charge in [0.15, 0.2) is 8.32 Å². The molecule has 2 aromatic heterocycles. The molecule has 1 aliphatic rings. The number of aromatic nitrogens is 3. The van der Waals surface area contributed by atoms with Gasteiger partial charge in [-0.25, -0.2) is 0 Å². The molecule has 12 heteroatoms. The Labute approximate surface area is 222 Å². The van der Waals surface area contributed by atoms with Gasteiger partial charge in [-0.2, -0.15) is 5.10 Å². The predicted octanol–water partition coefficient (Wildman–Crippen LogP) is 5.24. The van der Waals surface area contributed by atoms with Crippen molar-refractivity contribution in [1.29, 1.82) is 0 Å². The second-order valence-electron chi connectivity index (χ2n) is 10.4. The first-order chi connectivity index (χ1) is 17.0. The highest BCUT2D eigenvalue weighted by Gasteiger charge is 2.36. The van der Waals surface area contributed by atoms with E-state index in [1.807, 2.05) is 29.2 Å². The van der Waals surface area contributed by atoms with Crippen LogP contribution in [0.5, 0.6) is 0 Å². The maximum absolute atomic E-state index is 9.30. The minimum Gasteiger partial charge on any atom is -0.417 e. The summed E-state index contributed by atoms with van der Waals surface area (Å²) in [5, 5.41) is 23.7. The number of aromatic amines is 1. The number of fused-ring (bicyclic) bond motifs is 1. The van der Waals surface area contributed by atoms with Crippen LogP contribution in [0.3, 0.4) is 0 Å². The van der Waals surface area contributed by atoms with Crippen molar-refractivity contribution < 1.29 is 9.53 Å². The van der Waals surface area contributed by atoms with Crippen LogP contribution < -0.4 is 16.3 Å². The molecule has 0 radical (unpaired) electrons. The molecule has 3 heterocycles. The number of H-pyrrole nitrogens is 1. The van der Waals surface area contributed by atoms with Gasteiger partial charge >= 0.3 is 0 Å². The molecule has 0 fully saturated rings. The van der Waals surface area contributed by atoms with E-state index in [4.69, 9.17) is 27.6 Å². The minimum absolute atomic E-state index is 0.0188. The van der Waals surface area contributed by atoms with Crippen molar-refractivity contribution in [3.63, 3.8) is 0 Å². The quantitative estimate of drug-likeness (QED) is 0.173. The fourth-order valence-corrected chi connectivity index (χ4v) is 5.37. The number of anilines is 1. The fourth-order valence-electron chi connectivity index (χ4n) is 3.85. The Bertz CT molecular complexity index is 1240. The second-order valence-corrected chi connectivity index (χ2v) is 16.0. The molecule has 0 saturated heterocycles. The van der Waals surface area contributed by atoms with Gasteiger partial charge in [-0.15, -0.1) is 5.53 Å². The van der Waals surface area contributed by atoms with Crippen molar-refractivity contribution in [2.45, 2.75) is 45.3 Å². The summed E-state index contributed by atoms with van der Waals surface area (Å²) in [5.74, 6) is 0.751. The molecule has 5 N–H and O–H groups in total. The van der Waals surface area contributed by atoms with Gasteiger partial charge < -0.3 is 14.8 Å². The standard InChI is InChI=1S/C24H35Cl2N7O2Si/c1-24(2,3)36(4,5)35-10-6-7-27-19-11-18(25)22(26)23-21(19)17(16-12-28-29-13-16)14-33(23)20-15-32(8-9-34)31-30-20/h11-15,27,30-31,34H,6-10H2,1-5H3,(H,28,29). The van der Waals surface area contributed by atoms with Gasteiger partial charge in [0.25, 0.3) is 0 Å². The molecule has 4 rings (SSSR count). The molecular formula is C24H35Cl2N7O2Si. The van der Waals surface area contributed by atoms with Crippen LogP contribution in [-0.4, -0.2) is 59.5 Å². The van der Waals surface area contributed by atoms with E-state index < -0.39 is 8.32 Å². The average molecular weight is 553 g/mol. The van der Waals surface area contributed by atoms with Gasteiger partial charge in [0, 0.05) is 47.7 Å². The molecule has 0 saturated carbocycles. The van der Waals surface area contributed by atoms with Gasteiger partial charge in [0.2, 0.25) is 0 Å². The Kier molecular flexibility index (Phi) is 7.94. The van der Waals surface area contributed by atoms with Crippen LogP contribution in [0.4, 0.5) is 5.69 Å². The van der Waals surface area contributed by atoms with Gasteiger partial charge in [-0.1, -0.05) is 44.0 Å². The third kappa shape index (κ3) is 5.39. The maximum Gasteiger partial charge on any atom is 0.191 e. The van der Waals surface area contributed by atoms with E-state index in [1.165, 1.54) is 0 Å². The van der Waals surface area contributed by atoms with Crippen molar-refractivity contribution in [3.8, 4) is 11.1 Å². The number of nitrogens with zero attached hydrogens (tertiary/aromatic N) is 3. The number of nitrogens with one attached hydrogen (secondary N) is 4. The molecule has 0 aliphatic carbocycles. The summed E-state index contributed by atoms with van der Waals surface area (Å²) >= 11 is 13.4. The van der Waals surface area contributed by atoms with E-state index in [0.29, 0.717) is 23.2 Å². The first-order valence-corrected chi connectivity index (χ1v) is 15.7. The Morgan fingerprint density at radius 1 is 1.25 bits per heavy atom. The lowest BCUT2D eigenvalue weighted by Crippen LogP contribution is -2.41. The average Bonchev–Trinajstić information content (AvgIpc) is 3.55. The van der Waals surface area contributed by atoms with Crippen molar-refractivity contribution in [2.75, 3.05) is 31.6 Å². The Morgan fingerprint density at radius 3 is 2.69 bits per heavy atom. The van der Waals surface area contributed by atoms with Gasteiger partial charge in [-0.05, 0) is 30.6 Å². The van der Waals surface area contributed by atoms with Crippen molar-refractivity contribution in [2.24, 2.45) is 0 Å². The normalized spacial score (nSPS) is 14.4. The number of hydrazine groups is 2. The highest BCUT2D eigenvalue weighted by atomic mass is 35.5. The number of hydrogen-bond acceptors (Lipinski definition) is 7. The second kappa shape index (κ2) is 10.6. The number of benzene rings is 1. The molecule has 1 aromatic carbocycles. The zero-order valence-electron chi connectivity index (χ0n) is 21.4. The molecule has 0 unspecified atom stereocenters. The number of β-amino-alcohol motifs (C(OH)–C–C–N with tert-alkyl or cyclic N) is 1. The molecule has 0 bridgehead atoms. The molecule has 36 heavy (non-hydrogen) atoms. The Morgan fingerprint density at radius 2 is 2.03 bits per heavy atom. The van der Waals surface area contributed by atoms with Crippen LogP contribution >= 0.6 is 23.2 Å². The fraction of sp³-hybridized carbons (Fsp3) is 0.458. The molecule has 9 nitrogen and oxygen atoms in total. The third-order valence-electron chi connectivity index (χ3n) is 6.88. The maximum atomic E-state index is 9.30. The van der Waals surface area contributed by atoms with E-state index in [0.717, 1.165) is 46.5 Å². The lowest BCUT2D eigenvalue weighted by Gasteiger charge is -2.36. The summed E-state index contributed by atoms with van der Waals surface area (Å²) in [7, 11) is -1.78. The number of rotatable bonds is 10. The monoisotopic (exact) mass is 551 g/mol. The van der Waals surface area contributed by atoms with Gasteiger partial charge in [0.05, 0.1) is 41.1 Å². The van der Waals surface area contributed by atoms with Crippen molar-refractivity contribution in [3.05, 3.63) is 40.9 Å². The number of aliphatic hydroxyl groups excluding tert-OH is 1. The van der Waals surface area contributed by atoms with Crippen molar-refractivity contribution in [1.82, 2.24) is 30.7 Å². The first kappa shape index (κ1) is 26.8. The summed E-state index contributed by atoms with van der Waals surface area (Å²) in [6.07, 6.45) is 8.38. The lowest BCUT2D eigenvalue weighted by atomic mass is 10.1. The van der Waals surface area contributed by atoms with E-state index in [2.05, 4.69) is 60.3 Å². The van der Waals surface area contributed by atoms with Crippen LogP contribution in [0.1, 0.15) is 27.2 Å². The third-order valence-corrected chi connectivity index (χ3v) is 12.2. The molecule has 3 aromatic rings. The topological polar surface area (TPSA) is 102 Å². The summed E-state index contributed by atoms with van der Waals surface area (Å²) in [6.45, 7) is 13.2. The van der Waals surface area contributed by atoms with Crippen LogP contribution in [0.2, 0.25) is 28.2 Å². The largest absolute Gasteiger partial charge is 0.417 e. The van der Waals surface area contributed by atoms with Crippen molar-refractivity contribution >= 4 is 53.9 Å². The van der Waals surface area contributed by atoms with E-state index >= 15 is 0 Å². The summed E-state index contributed by atoms with van der Waals surface area (Å²) < 4.78 is 8.30. The molecule has 196 valence electrons. The number of hydrogen-bond donors (Lipinski definition) is 5. The Hall–Kier alpha value is -2.21. The van der Waals surface area contributed by atoms with Crippen LogP contribution in [-0.2, 0) is 4.43 Å². The molecule has 0 atom stereocenters. The molecule has 1 aliphatic heterocycles.